The van der Waals surface area contributed by atoms with Crippen LogP contribution in [-0.4, -0.2) is 35.0 Å². The van der Waals surface area contributed by atoms with E-state index in [0.29, 0.717) is 6.07 Å². The summed E-state index contributed by atoms with van der Waals surface area (Å²) < 4.78 is 61.9. The molecule has 0 saturated carbocycles. The fourth-order valence-electron chi connectivity index (χ4n) is 1.25. The van der Waals surface area contributed by atoms with Gasteiger partial charge in [-0.25, -0.2) is 27.9 Å². The van der Waals surface area contributed by atoms with Crippen LogP contribution in [0.5, 0.6) is 0 Å². The molecule has 2 N–H and O–H groups in total. The molecule has 0 bridgehead atoms. The number of anilines is 1. The van der Waals surface area contributed by atoms with Gasteiger partial charge in [0.05, 0.1) is 5.75 Å². The second-order valence-electron chi connectivity index (χ2n) is 3.94. The van der Waals surface area contributed by atoms with Crippen LogP contribution in [0.15, 0.2) is 6.07 Å². The molecule has 0 radical (unpaired) electrons. The van der Waals surface area contributed by atoms with E-state index in [2.05, 4.69) is 9.97 Å². The lowest BCUT2D eigenvalue weighted by atomic mass is 10.3. The van der Waals surface area contributed by atoms with Crippen LogP contribution in [-0.2, 0) is 16.2 Å². The third kappa shape index (κ3) is 6.20. The number of alkyl halides is 5. The zero-order chi connectivity index (χ0) is 17.1. The molecule has 0 saturated heterocycles. The van der Waals surface area contributed by atoms with Crippen molar-refractivity contribution < 1.29 is 26.4 Å². The van der Waals surface area contributed by atoms with Gasteiger partial charge in [0.15, 0.2) is 0 Å². The minimum absolute atomic E-state index is 0.0675. The number of carbonyl (C=O) groups excluding carboxylic acids is 1. The third-order valence-electron chi connectivity index (χ3n) is 1.96. The van der Waals surface area contributed by atoms with E-state index in [1.165, 1.54) is 11.6 Å². The number of aromatic nitrogens is 2. The van der Waals surface area contributed by atoms with Crippen LogP contribution in [0, 0.1) is 6.92 Å². The van der Waals surface area contributed by atoms with E-state index in [9.17, 15) is 26.4 Å². The van der Waals surface area contributed by atoms with Crippen molar-refractivity contribution >= 4 is 45.2 Å². The van der Waals surface area contributed by atoms with Crippen molar-refractivity contribution in [1.82, 2.24) is 14.7 Å². The Bertz CT molecular complexity index is 667. The largest absolute Gasteiger partial charge is 0.433 e. The van der Waals surface area contributed by atoms with Crippen LogP contribution in [0.2, 0.25) is 0 Å². The summed E-state index contributed by atoms with van der Waals surface area (Å²) in [5.74, 6) is -1.47. The first-order valence-corrected chi connectivity index (χ1v) is 7.94. The SMILES string of the molecule is Cc1cc(C(F)(F)F)nc(NC(=O)NS(=O)(=O)CC(Cl)Cl)n1. The highest BCUT2D eigenvalue weighted by molar-refractivity contribution is 7.90. The molecule has 1 aromatic heterocycles. The van der Waals surface area contributed by atoms with Gasteiger partial charge in [-0.3, -0.25) is 5.32 Å². The average molecular weight is 381 g/mol. The molecule has 0 spiro atoms. The summed E-state index contributed by atoms with van der Waals surface area (Å²) >= 11 is 10.5. The average Bonchev–Trinajstić information content (AvgIpc) is 2.23. The first-order chi connectivity index (χ1) is 9.89. The van der Waals surface area contributed by atoms with Crippen LogP contribution in [0.3, 0.4) is 0 Å². The number of aryl methyl sites for hydroxylation is 1. The van der Waals surface area contributed by atoms with Gasteiger partial charge in [0.2, 0.25) is 16.0 Å². The molecule has 124 valence electrons. The van der Waals surface area contributed by atoms with Gasteiger partial charge < -0.3 is 0 Å². The van der Waals surface area contributed by atoms with E-state index >= 15 is 0 Å². The normalized spacial score (nSPS) is 12.3. The van der Waals surface area contributed by atoms with E-state index < -0.39 is 44.5 Å². The number of nitrogens with one attached hydrogen (secondary N) is 2. The number of urea groups is 1. The lowest BCUT2D eigenvalue weighted by Gasteiger charge is -2.10. The van der Waals surface area contributed by atoms with Crippen LogP contribution in [0.25, 0.3) is 0 Å². The smallest absolute Gasteiger partial charge is 0.275 e. The molecule has 0 unspecified atom stereocenters. The van der Waals surface area contributed by atoms with Gasteiger partial charge in [0, 0.05) is 5.69 Å². The molecule has 22 heavy (non-hydrogen) atoms. The predicted molar refractivity (Wildman–Crippen MR) is 73.2 cm³/mol. The predicted octanol–water partition coefficient (Wildman–Crippen LogP) is 2.06. The highest BCUT2D eigenvalue weighted by Crippen LogP contribution is 2.28. The van der Waals surface area contributed by atoms with Crippen molar-refractivity contribution in [2.24, 2.45) is 0 Å². The molecule has 13 heteroatoms. The monoisotopic (exact) mass is 380 g/mol. The van der Waals surface area contributed by atoms with Crippen molar-refractivity contribution in [1.29, 1.82) is 0 Å². The van der Waals surface area contributed by atoms with Crippen molar-refractivity contribution in [3.63, 3.8) is 0 Å². The molecule has 1 aromatic rings. The van der Waals surface area contributed by atoms with Gasteiger partial charge in [-0.05, 0) is 13.0 Å². The Kier molecular flexibility index (Phi) is 5.82. The zero-order valence-corrected chi connectivity index (χ0v) is 13.1. The first-order valence-electron chi connectivity index (χ1n) is 5.41. The maximum absolute atomic E-state index is 12.6. The van der Waals surface area contributed by atoms with E-state index in [0.717, 1.165) is 0 Å². The summed E-state index contributed by atoms with van der Waals surface area (Å²) in [6.45, 7) is 1.25. The summed E-state index contributed by atoms with van der Waals surface area (Å²) in [6, 6.07) is -0.668. The minimum Gasteiger partial charge on any atom is -0.275 e. The Hall–Kier alpha value is -1.33. The zero-order valence-electron chi connectivity index (χ0n) is 10.8. The van der Waals surface area contributed by atoms with Crippen molar-refractivity contribution in [3.8, 4) is 0 Å². The second-order valence-corrected chi connectivity index (χ2v) is 6.99. The molecule has 1 rings (SSSR count). The summed E-state index contributed by atoms with van der Waals surface area (Å²) in [7, 11) is -4.15. The van der Waals surface area contributed by atoms with E-state index in [-0.39, 0.29) is 5.69 Å². The number of amides is 2. The highest BCUT2D eigenvalue weighted by Gasteiger charge is 2.33. The molecule has 0 aliphatic heterocycles. The molecule has 1 heterocycles. The lowest BCUT2D eigenvalue weighted by Crippen LogP contribution is -2.37. The van der Waals surface area contributed by atoms with Crippen molar-refractivity contribution in [2.75, 3.05) is 11.1 Å². The quantitative estimate of drug-likeness (QED) is 0.778. The minimum atomic E-state index is -4.74. The van der Waals surface area contributed by atoms with Crippen LogP contribution < -0.4 is 10.0 Å². The van der Waals surface area contributed by atoms with Gasteiger partial charge in [0.1, 0.15) is 10.5 Å². The molecule has 0 aliphatic rings. The molecule has 0 atom stereocenters. The van der Waals surface area contributed by atoms with Gasteiger partial charge in [0.25, 0.3) is 0 Å². The van der Waals surface area contributed by atoms with Crippen molar-refractivity contribution in [2.45, 2.75) is 17.9 Å². The number of hydrogen-bond acceptors (Lipinski definition) is 5. The van der Waals surface area contributed by atoms with Gasteiger partial charge in [-0.1, -0.05) is 0 Å². The van der Waals surface area contributed by atoms with E-state index in [4.69, 9.17) is 23.2 Å². The number of rotatable bonds is 4. The van der Waals surface area contributed by atoms with Gasteiger partial charge in [-0.2, -0.15) is 13.2 Å². The number of halogens is 5. The Labute approximate surface area is 133 Å². The maximum atomic E-state index is 12.6. The van der Waals surface area contributed by atoms with Gasteiger partial charge >= 0.3 is 12.2 Å². The van der Waals surface area contributed by atoms with Crippen LogP contribution >= 0.6 is 23.2 Å². The number of nitrogens with zero attached hydrogens (tertiary/aromatic N) is 2. The lowest BCUT2D eigenvalue weighted by molar-refractivity contribution is -0.141. The second kappa shape index (κ2) is 6.84. The summed E-state index contributed by atoms with van der Waals surface area (Å²) in [5.41, 5.74) is -1.35. The molecule has 0 aliphatic carbocycles. The standard InChI is InChI=1S/C9H9Cl2F3N4O3S/c1-4-2-5(9(12,13)14)16-7(15-4)17-8(19)18-22(20,21)3-6(10)11/h2,6H,3H2,1H3,(H2,15,16,17,18,19). The van der Waals surface area contributed by atoms with Crippen molar-refractivity contribution in [3.05, 3.63) is 17.5 Å². The third-order valence-corrected chi connectivity index (χ3v) is 3.91. The van der Waals surface area contributed by atoms with Crippen LogP contribution in [0.1, 0.15) is 11.4 Å². The fraction of sp³-hybridized carbons (Fsp3) is 0.444. The Balaban J connectivity index is 2.87. The topological polar surface area (TPSA) is 101 Å². The van der Waals surface area contributed by atoms with Gasteiger partial charge in [-0.15, -0.1) is 23.2 Å². The first kappa shape index (κ1) is 18.7. The molecule has 2 amide bonds. The Morgan fingerprint density at radius 1 is 1.36 bits per heavy atom. The highest BCUT2D eigenvalue weighted by atomic mass is 35.5. The summed E-state index contributed by atoms with van der Waals surface area (Å²) in [6.07, 6.45) is -4.74. The molecule has 0 aromatic carbocycles. The Morgan fingerprint density at radius 3 is 2.45 bits per heavy atom. The van der Waals surface area contributed by atoms with E-state index in [1.807, 2.05) is 0 Å². The number of carbonyl (C=O) groups is 1. The molecule has 0 fully saturated rings. The fourth-order valence-corrected chi connectivity index (χ4v) is 2.99. The maximum Gasteiger partial charge on any atom is 0.433 e. The summed E-state index contributed by atoms with van der Waals surface area (Å²) in [4.78, 5) is 16.8. The molecular formula is C9H9Cl2F3N4O3S. The number of sulfonamides is 1. The Morgan fingerprint density at radius 2 is 1.95 bits per heavy atom. The molecule has 7 nitrogen and oxygen atoms in total. The van der Waals surface area contributed by atoms with E-state index in [1.54, 1.807) is 5.32 Å². The van der Waals surface area contributed by atoms with Crippen LogP contribution in [0.4, 0.5) is 23.9 Å². The number of hydrogen-bond donors (Lipinski definition) is 2. The summed E-state index contributed by atoms with van der Waals surface area (Å²) in [5, 5.41) is 1.79. The molecular weight excluding hydrogens is 372 g/mol.